The minimum absolute atomic E-state index is 0.0567. The Hall–Kier alpha value is -1.72. The molecule has 0 aromatic heterocycles. The van der Waals surface area contributed by atoms with E-state index in [9.17, 15) is 25.8 Å². The maximum atomic E-state index is 13.8. The molecule has 3 N–H and O–H groups in total. The molecule has 5 rings (SSSR count). The van der Waals surface area contributed by atoms with E-state index in [-0.39, 0.29) is 22.7 Å². The number of anilines is 1. The van der Waals surface area contributed by atoms with Crippen molar-refractivity contribution in [1.82, 2.24) is 20.1 Å². The molecule has 3 aliphatic heterocycles. The number of nitrogens with zero attached hydrogens (tertiary/aromatic N) is 2. The third kappa shape index (κ3) is 6.84. The van der Waals surface area contributed by atoms with Gasteiger partial charge in [-0.3, -0.25) is 4.90 Å². The largest absolute Gasteiger partial charge is 0.501 e. The van der Waals surface area contributed by atoms with E-state index < -0.39 is 31.2 Å². The van der Waals surface area contributed by atoms with Gasteiger partial charge < -0.3 is 15.4 Å². The molecule has 0 spiro atoms. The summed E-state index contributed by atoms with van der Waals surface area (Å²) < 4.78 is 85.0. The number of fused-ring (bicyclic) bond motifs is 1. The Balaban J connectivity index is 1.37. The van der Waals surface area contributed by atoms with Crippen LogP contribution in [0.1, 0.15) is 6.42 Å². The van der Waals surface area contributed by atoms with Gasteiger partial charge in [0.15, 0.2) is 0 Å². The molecule has 0 aliphatic carbocycles. The van der Waals surface area contributed by atoms with Gasteiger partial charge in [0.2, 0.25) is 0 Å². The quantitative estimate of drug-likeness (QED) is 0.309. The number of nitrogens with one attached hydrogen (secondary N) is 3. The smallest absolute Gasteiger partial charge is 0.380 e. The predicted molar refractivity (Wildman–Crippen MR) is 148 cm³/mol. The van der Waals surface area contributed by atoms with Crippen molar-refractivity contribution in [3.8, 4) is 0 Å². The van der Waals surface area contributed by atoms with Gasteiger partial charge in [-0.25, -0.2) is 17.6 Å². The Morgan fingerprint density at radius 1 is 1.15 bits per heavy atom. The summed E-state index contributed by atoms with van der Waals surface area (Å²) in [7, 11) is -7.66. The van der Waals surface area contributed by atoms with Crippen molar-refractivity contribution in [2.45, 2.75) is 44.8 Å². The molecule has 3 fully saturated rings. The fourth-order valence-electron chi connectivity index (χ4n) is 4.78. The number of benzene rings is 2. The minimum Gasteiger partial charge on any atom is -0.380 e. The number of hydrogen-bond acceptors (Lipinski definition) is 9. The number of hydrazine groups is 1. The lowest BCUT2D eigenvalue weighted by Crippen LogP contribution is -2.70. The van der Waals surface area contributed by atoms with Gasteiger partial charge in [-0.1, -0.05) is 18.2 Å². The van der Waals surface area contributed by atoms with Crippen LogP contribution in [0, 0.1) is 0 Å². The van der Waals surface area contributed by atoms with Crippen molar-refractivity contribution in [3.63, 3.8) is 0 Å². The molecule has 2 aromatic rings. The first-order valence-electron chi connectivity index (χ1n) is 13.0. The summed E-state index contributed by atoms with van der Waals surface area (Å²) in [5.74, 6) is 0.506. The van der Waals surface area contributed by atoms with Crippen LogP contribution in [-0.4, -0.2) is 97.9 Å². The van der Waals surface area contributed by atoms with Crippen molar-refractivity contribution in [2.75, 3.05) is 56.9 Å². The van der Waals surface area contributed by atoms with Crippen molar-refractivity contribution in [2.24, 2.45) is 0 Å². The van der Waals surface area contributed by atoms with Crippen LogP contribution in [0.3, 0.4) is 0 Å². The molecular formula is C25H32F3N5O4S3. The van der Waals surface area contributed by atoms with Gasteiger partial charge in [-0.2, -0.15) is 18.0 Å². The molecule has 9 nitrogen and oxygen atoms in total. The van der Waals surface area contributed by atoms with E-state index in [1.807, 2.05) is 30.3 Å². The van der Waals surface area contributed by atoms with Crippen LogP contribution in [0.4, 0.5) is 18.9 Å². The number of rotatable bonds is 12. The summed E-state index contributed by atoms with van der Waals surface area (Å²) in [6.07, 6.45) is 0.851. The highest BCUT2D eigenvalue weighted by Crippen LogP contribution is 2.37. The number of hydrogen-bond donors (Lipinski definition) is 3. The fourth-order valence-corrected chi connectivity index (χ4v) is 7.74. The van der Waals surface area contributed by atoms with Gasteiger partial charge in [0.1, 0.15) is 15.9 Å². The maximum absolute atomic E-state index is 13.8. The van der Waals surface area contributed by atoms with E-state index in [1.54, 1.807) is 16.8 Å². The first-order valence-corrected chi connectivity index (χ1v) is 16.6. The van der Waals surface area contributed by atoms with E-state index in [1.165, 1.54) is 12.1 Å². The average molecular weight is 620 g/mol. The summed E-state index contributed by atoms with van der Waals surface area (Å²) >= 11 is 1.54. The second kappa shape index (κ2) is 12.7. The molecule has 0 bridgehead atoms. The Morgan fingerprint density at radius 3 is 2.52 bits per heavy atom. The summed E-state index contributed by atoms with van der Waals surface area (Å²) in [5.41, 5.74) is -5.67. The van der Waals surface area contributed by atoms with Gasteiger partial charge in [0.25, 0.3) is 9.84 Å². The zero-order chi connectivity index (χ0) is 28.3. The number of morpholine rings is 1. The van der Waals surface area contributed by atoms with Crippen LogP contribution >= 0.6 is 11.8 Å². The molecule has 0 saturated carbocycles. The molecule has 40 heavy (non-hydrogen) atoms. The molecule has 220 valence electrons. The van der Waals surface area contributed by atoms with Crippen molar-refractivity contribution in [3.05, 3.63) is 48.5 Å². The molecule has 3 aliphatic rings. The van der Waals surface area contributed by atoms with Crippen LogP contribution in [-0.2, 0) is 25.6 Å². The third-order valence-corrected chi connectivity index (χ3v) is 11.0. The van der Waals surface area contributed by atoms with Crippen LogP contribution in [0.5, 0.6) is 0 Å². The monoisotopic (exact) mass is 619 g/mol. The number of alkyl halides is 3. The van der Waals surface area contributed by atoms with E-state index in [0.717, 1.165) is 17.5 Å². The molecule has 0 amide bonds. The summed E-state index contributed by atoms with van der Waals surface area (Å²) in [6, 6.07) is 13.2. The van der Waals surface area contributed by atoms with Crippen molar-refractivity contribution in [1.29, 1.82) is 0 Å². The Labute approximate surface area is 238 Å². The second-order valence-electron chi connectivity index (χ2n) is 9.89. The number of ether oxygens (including phenoxy) is 1. The summed E-state index contributed by atoms with van der Waals surface area (Å²) in [4.78, 5) is 5.05. The van der Waals surface area contributed by atoms with Crippen LogP contribution < -0.4 is 15.5 Å². The van der Waals surface area contributed by atoms with Gasteiger partial charge in [0, 0.05) is 56.0 Å². The predicted octanol–water partition coefficient (Wildman–Crippen LogP) is 2.46. The highest BCUT2D eigenvalue weighted by atomic mass is 32.2. The molecule has 2 aromatic carbocycles. The number of piperazine rings is 1. The number of thioether (sulfide) groups is 1. The van der Waals surface area contributed by atoms with Crippen LogP contribution in [0.25, 0.3) is 0 Å². The molecule has 3 heterocycles. The fraction of sp³-hybridized carbons (Fsp3) is 0.520. The molecule has 15 heteroatoms. The normalized spacial score (nSPS) is 23.5. The molecule has 4 atom stereocenters. The third-order valence-electron chi connectivity index (χ3n) is 7.20. The lowest BCUT2D eigenvalue weighted by atomic mass is 9.94. The zero-order valence-electron chi connectivity index (χ0n) is 21.6. The molecule has 3 saturated heterocycles. The standard InChI is InChI=1S/C25H32F3N5O4S3/c26-25(27,28)40(35,36)24-14-20(39(34)31-33-12-9-29-10-13-33)6-7-21(24)30-18(17-38-19-4-2-1-3-5-19)8-11-32-15-23-22(32)16-37-23/h1-7,14,18,22-23,29-31H,8-13,15-17H2/t18-,22?,23+,39?/m1/s1. The first-order chi connectivity index (χ1) is 19.1. The van der Waals surface area contributed by atoms with Crippen molar-refractivity contribution >= 4 is 38.3 Å². The van der Waals surface area contributed by atoms with Crippen LogP contribution in [0.15, 0.2) is 63.2 Å². The lowest BCUT2D eigenvalue weighted by Gasteiger charge is -2.55. The Kier molecular flexibility index (Phi) is 9.41. The molecule has 2 unspecified atom stereocenters. The van der Waals surface area contributed by atoms with Gasteiger partial charge >= 0.3 is 5.51 Å². The number of likely N-dealkylation sites (tertiary alicyclic amines) is 1. The molecule has 0 radical (unpaired) electrons. The van der Waals surface area contributed by atoms with E-state index in [4.69, 9.17) is 4.74 Å². The van der Waals surface area contributed by atoms with Gasteiger partial charge in [-0.05, 0) is 36.8 Å². The summed E-state index contributed by atoms with van der Waals surface area (Å²) in [5, 5.41) is 7.94. The first kappa shape index (κ1) is 29.8. The van der Waals surface area contributed by atoms with Crippen molar-refractivity contribution < 1.29 is 30.5 Å². The average Bonchev–Trinajstić information content (AvgIpc) is 2.92. The van der Waals surface area contributed by atoms with Crippen LogP contribution in [0.2, 0.25) is 0 Å². The summed E-state index contributed by atoms with van der Waals surface area (Å²) in [6.45, 7) is 4.61. The highest BCUT2D eigenvalue weighted by molar-refractivity contribution is 7.99. The second-order valence-corrected chi connectivity index (χ2v) is 14.1. The number of sulfone groups is 1. The highest BCUT2D eigenvalue weighted by Gasteiger charge is 2.49. The SMILES string of the molecule is O=S(NN1CCNCC1)c1ccc(N[C@H](CCN2C[C@@H]3OCC32)CSc2ccccc2)c(S(=O)(=O)C(F)(F)F)c1. The van der Waals surface area contributed by atoms with E-state index >= 15 is 0 Å². The topological polar surface area (TPSA) is 103 Å². The maximum Gasteiger partial charge on any atom is 0.501 e. The molecular weight excluding hydrogens is 588 g/mol. The number of halogens is 3. The van der Waals surface area contributed by atoms with E-state index in [2.05, 4.69) is 20.4 Å². The Morgan fingerprint density at radius 2 is 1.90 bits per heavy atom. The zero-order valence-corrected chi connectivity index (χ0v) is 24.1. The lowest BCUT2D eigenvalue weighted by molar-refractivity contribution is -0.214. The van der Waals surface area contributed by atoms with Gasteiger partial charge in [0.05, 0.1) is 29.3 Å². The van der Waals surface area contributed by atoms with E-state index in [0.29, 0.717) is 57.5 Å². The van der Waals surface area contributed by atoms with Gasteiger partial charge in [-0.15, -0.1) is 11.8 Å². The Bertz CT molecular complexity index is 1300. The minimum atomic E-state index is -5.72.